The topological polar surface area (TPSA) is 75.6 Å². The highest BCUT2D eigenvalue weighted by Gasteiger charge is 2.34. The van der Waals surface area contributed by atoms with E-state index in [9.17, 15) is 9.59 Å². The maximum Gasteiger partial charge on any atom is 0.328 e. The minimum Gasteiger partial charge on any atom is -0.496 e. The number of carboxylic acids is 1. The fourth-order valence-corrected chi connectivity index (χ4v) is 1.94. The first-order chi connectivity index (χ1) is 9.51. The first-order valence-electron chi connectivity index (χ1n) is 6.41. The molecule has 1 aromatic carbocycles. The van der Waals surface area contributed by atoms with E-state index in [1.807, 2.05) is 0 Å². The molecule has 1 aliphatic carbocycles. The van der Waals surface area contributed by atoms with E-state index in [0.29, 0.717) is 22.8 Å². The summed E-state index contributed by atoms with van der Waals surface area (Å²) in [7, 11) is 1.50. The molecule has 1 fully saturated rings. The molecule has 0 aromatic heterocycles. The molecule has 20 heavy (non-hydrogen) atoms. The maximum absolute atomic E-state index is 12.0. The third-order valence-corrected chi connectivity index (χ3v) is 3.32. The Kier molecular flexibility index (Phi) is 4.08. The molecule has 5 heteroatoms. The Morgan fingerprint density at radius 2 is 2.15 bits per heavy atom. The van der Waals surface area contributed by atoms with Crippen LogP contribution in [0.15, 0.2) is 24.3 Å². The summed E-state index contributed by atoms with van der Waals surface area (Å²) >= 11 is 0. The first kappa shape index (κ1) is 14.1. The van der Waals surface area contributed by atoms with Crippen LogP contribution in [0.2, 0.25) is 0 Å². The van der Waals surface area contributed by atoms with Crippen molar-refractivity contribution in [2.75, 3.05) is 7.11 Å². The molecule has 0 bridgehead atoms. The van der Waals surface area contributed by atoms with Gasteiger partial charge < -0.3 is 15.2 Å². The molecule has 0 spiro atoms. The van der Waals surface area contributed by atoms with Crippen LogP contribution in [0.5, 0.6) is 5.75 Å². The lowest BCUT2D eigenvalue weighted by molar-refractivity contribution is -0.131. The van der Waals surface area contributed by atoms with Crippen molar-refractivity contribution < 1.29 is 19.4 Å². The van der Waals surface area contributed by atoms with Gasteiger partial charge in [-0.25, -0.2) is 4.79 Å². The molecule has 0 radical (unpaired) electrons. The van der Waals surface area contributed by atoms with Crippen LogP contribution in [-0.2, 0) is 4.79 Å². The van der Waals surface area contributed by atoms with E-state index in [2.05, 4.69) is 12.2 Å². The largest absolute Gasteiger partial charge is 0.496 e. The van der Waals surface area contributed by atoms with Crippen molar-refractivity contribution >= 4 is 18.0 Å². The second-order valence-corrected chi connectivity index (χ2v) is 4.92. The van der Waals surface area contributed by atoms with Crippen LogP contribution in [-0.4, -0.2) is 30.1 Å². The summed E-state index contributed by atoms with van der Waals surface area (Å²) in [6.45, 7) is 2.08. The van der Waals surface area contributed by atoms with Gasteiger partial charge in [-0.2, -0.15) is 0 Å². The number of nitrogens with one attached hydrogen (secondary N) is 1. The molecule has 1 aliphatic rings. The van der Waals surface area contributed by atoms with Crippen LogP contribution in [0.3, 0.4) is 0 Å². The highest BCUT2D eigenvalue weighted by molar-refractivity contribution is 5.96. The van der Waals surface area contributed by atoms with E-state index in [-0.39, 0.29) is 11.9 Å². The number of carbonyl (C=O) groups is 2. The average Bonchev–Trinajstić information content (AvgIpc) is 3.11. The van der Waals surface area contributed by atoms with Gasteiger partial charge >= 0.3 is 5.97 Å². The fourth-order valence-electron chi connectivity index (χ4n) is 1.94. The molecule has 2 atom stereocenters. The number of ether oxygens (including phenoxy) is 1. The summed E-state index contributed by atoms with van der Waals surface area (Å²) in [4.78, 5) is 22.6. The van der Waals surface area contributed by atoms with Crippen LogP contribution in [0, 0.1) is 5.92 Å². The average molecular weight is 275 g/mol. The molecule has 2 rings (SSSR count). The van der Waals surface area contributed by atoms with Crippen molar-refractivity contribution in [3.05, 3.63) is 35.4 Å². The Labute approximate surface area is 117 Å². The van der Waals surface area contributed by atoms with Crippen LogP contribution in [0.25, 0.3) is 6.08 Å². The molecule has 1 aromatic rings. The molecule has 1 amide bonds. The van der Waals surface area contributed by atoms with Gasteiger partial charge in [0.05, 0.1) is 7.11 Å². The number of hydrogen-bond acceptors (Lipinski definition) is 3. The monoisotopic (exact) mass is 275 g/mol. The molecule has 2 unspecified atom stereocenters. The maximum atomic E-state index is 12.0. The van der Waals surface area contributed by atoms with Gasteiger partial charge in [-0.15, -0.1) is 0 Å². The van der Waals surface area contributed by atoms with Crippen molar-refractivity contribution in [2.45, 2.75) is 19.4 Å². The van der Waals surface area contributed by atoms with Crippen molar-refractivity contribution in [1.29, 1.82) is 0 Å². The molecule has 0 aliphatic heterocycles. The molecule has 106 valence electrons. The predicted molar refractivity (Wildman–Crippen MR) is 74.7 cm³/mol. The third kappa shape index (κ3) is 3.38. The fraction of sp³-hybridized carbons (Fsp3) is 0.333. The van der Waals surface area contributed by atoms with Crippen molar-refractivity contribution in [3.63, 3.8) is 0 Å². The molecule has 5 nitrogen and oxygen atoms in total. The van der Waals surface area contributed by atoms with E-state index < -0.39 is 5.97 Å². The second kappa shape index (κ2) is 5.77. The predicted octanol–water partition coefficient (Wildman–Crippen LogP) is 1.93. The summed E-state index contributed by atoms with van der Waals surface area (Å²) in [6.07, 6.45) is 3.44. The van der Waals surface area contributed by atoms with Gasteiger partial charge in [-0.1, -0.05) is 6.92 Å². The lowest BCUT2D eigenvalue weighted by Crippen LogP contribution is -2.26. The second-order valence-electron chi connectivity index (χ2n) is 4.92. The number of amides is 1. The smallest absolute Gasteiger partial charge is 0.328 e. The number of rotatable bonds is 5. The van der Waals surface area contributed by atoms with E-state index in [4.69, 9.17) is 9.84 Å². The van der Waals surface area contributed by atoms with Gasteiger partial charge in [-0.3, -0.25) is 4.79 Å². The van der Waals surface area contributed by atoms with Gasteiger partial charge in [0, 0.05) is 23.2 Å². The van der Waals surface area contributed by atoms with E-state index in [1.54, 1.807) is 18.2 Å². The molecular formula is C15H17NO4. The summed E-state index contributed by atoms with van der Waals surface area (Å²) in [6, 6.07) is 5.20. The van der Waals surface area contributed by atoms with E-state index in [0.717, 1.165) is 12.5 Å². The lowest BCUT2D eigenvalue weighted by Gasteiger charge is -2.08. The number of benzene rings is 1. The SMILES string of the molecule is COc1ccc(C(=O)NC2CC2C)cc1C=CC(=O)O. The van der Waals surface area contributed by atoms with Crippen molar-refractivity contribution in [3.8, 4) is 5.75 Å². The number of carboxylic acid groups (broad SMARTS) is 1. The Bertz CT molecular complexity index is 565. The zero-order chi connectivity index (χ0) is 14.7. The Morgan fingerprint density at radius 1 is 1.45 bits per heavy atom. The van der Waals surface area contributed by atoms with Gasteiger partial charge in [0.25, 0.3) is 5.91 Å². The standard InChI is InChI=1S/C15H17NO4/c1-9-7-12(9)16-15(19)11-3-5-13(20-2)10(8-11)4-6-14(17)18/h3-6,8-9,12H,7H2,1-2H3,(H,16,19)(H,17,18). The van der Waals surface area contributed by atoms with Crippen molar-refractivity contribution in [1.82, 2.24) is 5.32 Å². The van der Waals surface area contributed by atoms with Gasteiger partial charge in [-0.05, 0) is 36.6 Å². The van der Waals surface area contributed by atoms with E-state index in [1.165, 1.54) is 13.2 Å². The summed E-state index contributed by atoms with van der Waals surface area (Å²) in [5.74, 6) is -0.136. The number of methoxy groups -OCH3 is 1. The Hall–Kier alpha value is -2.30. The molecule has 0 saturated heterocycles. The highest BCUT2D eigenvalue weighted by Crippen LogP contribution is 2.29. The number of hydrogen-bond donors (Lipinski definition) is 2. The Balaban J connectivity index is 2.19. The van der Waals surface area contributed by atoms with Gasteiger partial charge in [0.2, 0.25) is 0 Å². The minimum atomic E-state index is -1.05. The molecular weight excluding hydrogens is 258 g/mol. The minimum absolute atomic E-state index is 0.146. The van der Waals surface area contributed by atoms with Crippen molar-refractivity contribution in [2.24, 2.45) is 5.92 Å². The quantitative estimate of drug-likeness (QED) is 0.805. The normalized spacial score (nSPS) is 20.7. The zero-order valence-electron chi connectivity index (χ0n) is 11.4. The third-order valence-electron chi connectivity index (χ3n) is 3.32. The summed E-state index contributed by atoms with van der Waals surface area (Å²) in [5, 5.41) is 11.6. The van der Waals surface area contributed by atoms with Crippen LogP contribution >= 0.6 is 0 Å². The van der Waals surface area contributed by atoms with Gasteiger partial charge in [0.15, 0.2) is 0 Å². The molecule has 0 heterocycles. The molecule has 1 saturated carbocycles. The van der Waals surface area contributed by atoms with Crippen LogP contribution < -0.4 is 10.1 Å². The highest BCUT2D eigenvalue weighted by atomic mass is 16.5. The first-order valence-corrected chi connectivity index (χ1v) is 6.41. The van der Waals surface area contributed by atoms with Crippen LogP contribution in [0.4, 0.5) is 0 Å². The molecule has 2 N–H and O–H groups in total. The van der Waals surface area contributed by atoms with E-state index >= 15 is 0 Å². The summed E-state index contributed by atoms with van der Waals surface area (Å²) < 4.78 is 5.15. The summed E-state index contributed by atoms with van der Waals surface area (Å²) in [5.41, 5.74) is 1.06. The number of carbonyl (C=O) groups excluding carboxylic acids is 1. The zero-order valence-corrected chi connectivity index (χ0v) is 11.4. The van der Waals surface area contributed by atoms with Crippen LogP contribution in [0.1, 0.15) is 29.3 Å². The van der Waals surface area contributed by atoms with Gasteiger partial charge in [0.1, 0.15) is 5.75 Å². The Morgan fingerprint density at radius 3 is 2.70 bits per heavy atom. The number of aliphatic carboxylic acids is 1. The lowest BCUT2D eigenvalue weighted by atomic mass is 10.1.